The fourth-order valence-corrected chi connectivity index (χ4v) is 4.27. The second-order valence-corrected chi connectivity index (χ2v) is 9.81. The summed E-state index contributed by atoms with van der Waals surface area (Å²) >= 11 is 0. The van der Waals surface area contributed by atoms with Crippen LogP contribution in [0.25, 0.3) is 22.3 Å². The van der Waals surface area contributed by atoms with Crippen molar-refractivity contribution in [2.45, 2.75) is 50.1 Å². The van der Waals surface area contributed by atoms with Crippen molar-refractivity contribution >= 4 is 57.7 Å². The second-order valence-electron chi connectivity index (χ2n) is 9.81. The third-order valence-electron chi connectivity index (χ3n) is 6.78. The van der Waals surface area contributed by atoms with E-state index in [0.29, 0.717) is 22.3 Å². The number of aliphatic hydroxyl groups excluding tert-OH is 2. The Labute approximate surface area is 253 Å². The lowest BCUT2D eigenvalue weighted by molar-refractivity contribution is -0.143. The Morgan fingerprint density at radius 1 is 0.689 bits per heavy atom. The quantitative estimate of drug-likeness (QED) is 0.0598. The van der Waals surface area contributed by atoms with E-state index in [2.05, 4.69) is 45.9 Å². The number of anilines is 2. The SMILES string of the molecule is Nc1ncnc2c1ncn2CC[C@H](NC(=O)[C@H](CO)NC(=O)[C@@H](N)CCn1cnc2c(N)ncnc21)C(=O)N[C@@H](CO)C(=O)O. The van der Waals surface area contributed by atoms with Crippen LogP contribution < -0.4 is 33.2 Å². The average molecular weight is 629 g/mol. The van der Waals surface area contributed by atoms with Gasteiger partial charge in [-0.05, 0) is 12.8 Å². The maximum Gasteiger partial charge on any atom is 0.328 e. The molecule has 4 atom stereocenters. The minimum atomic E-state index is -1.65. The van der Waals surface area contributed by atoms with Crippen molar-refractivity contribution < 1.29 is 34.5 Å². The van der Waals surface area contributed by atoms with Crippen LogP contribution in [0.1, 0.15) is 12.8 Å². The molecule has 240 valence electrons. The first kappa shape index (κ1) is 32.4. The number of hydrogen-bond acceptors (Lipinski definition) is 15. The van der Waals surface area contributed by atoms with Crippen LogP contribution in [0.15, 0.2) is 25.3 Å². The molecule has 4 heterocycles. The summed E-state index contributed by atoms with van der Waals surface area (Å²) in [7, 11) is 0. The molecule has 21 nitrogen and oxygen atoms in total. The number of amides is 3. The van der Waals surface area contributed by atoms with E-state index in [1.165, 1.54) is 29.9 Å². The van der Waals surface area contributed by atoms with Gasteiger partial charge < -0.3 is 57.6 Å². The first-order valence-electron chi connectivity index (χ1n) is 13.5. The van der Waals surface area contributed by atoms with Gasteiger partial charge in [-0.2, -0.15) is 0 Å². The zero-order valence-electron chi connectivity index (χ0n) is 23.6. The summed E-state index contributed by atoms with van der Waals surface area (Å²) in [5.74, 6) is -3.85. The minimum Gasteiger partial charge on any atom is -0.480 e. The van der Waals surface area contributed by atoms with E-state index < -0.39 is 61.1 Å². The molecule has 0 aliphatic rings. The summed E-state index contributed by atoms with van der Waals surface area (Å²) in [5, 5.41) is 35.4. The summed E-state index contributed by atoms with van der Waals surface area (Å²) in [6, 6.07) is -5.67. The van der Waals surface area contributed by atoms with Crippen molar-refractivity contribution in [2.75, 3.05) is 24.7 Å². The summed E-state index contributed by atoms with van der Waals surface area (Å²) in [5.41, 5.74) is 19.1. The van der Waals surface area contributed by atoms with Crippen LogP contribution in [-0.4, -0.2) is 115 Å². The standard InChI is InChI=1S/C24H32N14O7/c25-11(1-3-37-9-32-15-17(26)28-7-30-19(15)37)21(41)35-13(5-39)23(43)34-12(22(42)36-14(6-40)24(44)45)2-4-38-10-33-16-18(27)29-8-31-20(16)38/h7-14,39-40H,1-6,25H2,(H,34,43)(H,35,41)(H,36,42)(H,44,45)(H2,26,28,30)(H2,27,29,31)/t11-,12-,13-,14-/m0/s1. The number of nitrogen functional groups attached to an aromatic ring is 2. The van der Waals surface area contributed by atoms with Gasteiger partial charge in [-0.3, -0.25) is 14.4 Å². The van der Waals surface area contributed by atoms with Crippen molar-refractivity contribution in [3.8, 4) is 0 Å². The number of aliphatic carboxylic acids is 1. The highest BCUT2D eigenvalue weighted by Gasteiger charge is 2.30. The molecule has 0 radical (unpaired) electrons. The number of nitrogens with two attached hydrogens (primary N) is 3. The van der Waals surface area contributed by atoms with Gasteiger partial charge in [-0.25, -0.2) is 34.7 Å². The zero-order valence-corrected chi connectivity index (χ0v) is 23.6. The maximum atomic E-state index is 13.1. The molecule has 0 saturated heterocycles. The van der Waals surface area contributed by atoms with E-state index in [-0.39, 0.29) is 37.6 Å². The molecule has 0 aliphatic carbocycles. The van der Waals surface area contributed by atoms with E-state index in [9.17, 15) is 34.5 Å². The summed E-state index contributed by atoms with van der Waals surface area (Å²) in [6.07, 6.45) is 5.33. The average Bonchev–Trinajstić information content (AvgIpc) is 3.64. The minimum absolute atomic E-state index is 0.0444. The fourth-order valence-electron chi connectivity index (χ4n) is 4.27. The number of fused-ring (bicyclic) bond motifs is 2. The Balaban J connectivity index is 1.41. The van der Waals surface area contributed by atoms with Crippen LogP contribution in [-0.2, 0) is 32.3 Å². The molecule has 3 amide bonds. The number of imidazole rings is 2. The molecule has 21 heteroatoms. The predicted octanol–water partition coefficient (Wildman–Crippen LogP) is -4.54. The Hall–Kier alpha value is -5.54. The molecule has 4 rings (SSSR count). The van der Waals surface area contributed by atoms with Gasteiger partial charge >= 0.3 is 5.97 Å². The molecule has 0 bridgehead atoms. The van der Waals surface area contributed by atoms with Crippen LogP contribution >= 0.6 is 0 Å². The lowest BCUT2D eigenvalue weighted by Gasteiger charge is -2.24. The Bertz CT molecular complexity index is 1690. The first-order valence-corrected chi connectivity index (χ1v) is 13.5. The molecule has 4 aromatic heterocycles. The van der Waals surface area contributed by atoms with E-state index in [0.717, 1.165) is 0 Å². The van der Waals surface area contributed by atoms with Crippen molar-refractivity contribution in [2.24, 2.45) is 5.73 Å². The lowest BCUT2D eigenvalue weighted by Crippen LogP contribution is -2.58. The van der Waals surface area contributed by atoms with E-state index in [1.54, 1.807) is 4.57 Å². The molecule has 0 spiro atoms. The largest absolute Gasteiger partial charge is 0.480 e. The number of aliphatic hydroxyl groups is 2. The molecular formula is C24H32N14O7. The van der Waals surface area contributed by atoms with Crippen LogP contribution in [0, 0.1) is 0 Å². The summed E-state index contributed by atoms with van der Waals surface area (Å²) in [4.78, 5) is 74.5. The van der Waals surface area contributed by atoms with Crippen molar-refractivity contribution in [3.63, 3.8) is 0 Å². The molecule has 0 aliphatic heterocycles. The highest BCUT2D eigenvalue weighted by Crippen LogP contribution is 2.16. The van der Waals surface area contributed by atoms with Crippen LogP contribution in [0.4, 0.5) is 11.6 Å². The van der Waals surface area contributed by atoms with E-state index in [1.807, 2.05) is 0 Å². The summed E-state index contributed by atoms with van der Waals surface area (Å²) < 4.78 is 3.16. The molecule has 4 aromatic rings. The number of hydrogen-bond donors (Lipinski definition) is 9. The zero-order chi connectivity index (χ0) is 32.7. The van der Waals surface area contributed by atoms with Gasteiger partial charge in [-0.15, -0.1) is 0 Å². The van der Waals surface area contributed by atoms with Crippen molar-refractivity contribution in [3.05, 3.63) is 25.3 Å². The highest BCUT2D eigenvalue weighted by molar-refractivity contribution is 5.94. The number of carboxylic acids is 1. The Kier molecular flexibility index (Phi) is 10.3. The van der Waals surface area contributed by atoms with Crippen LogP contribution in [0.5, 0.6) is 0 Å². The van der Waals surface area contributed by atoms with Gasteiger partial charge in [0, 0.05) is 13.1 Å². The second kappa shape index (κ2) is 14.3. The molecular weight excluding hydrogens is 596 g/mol. The third kappa shape index (κ3) is 7.52. The van der Waals surface area contributed by atoms with Gasteiger partial charge in [0.2, 0.25) is 17.7 Å². The van der Waals surface area contributed by atoms with Gasteiger partial charge in [-0.1, -0.05) is 0 Å². The van der Waals surface area contributed by atoms with Crippen LogP contribution in [0.2, 0.25) is 0 Å². The third-order valence-corrected chi connectivity index (χ3v) is 6.78. The number of rotatable bonds is 15. The smallest absolute Gasteiger partial charge is 0.328 e. The first-order chi connectivity index (χ1) is 21.5. The normalized spacial score (nSPS) is 14.0. The Morgan fingerprint density at radius 3 is 1.67 bits per heavy atom. The number of nitrogens with one attached hydrogen (secondary N) is 3. The van der Waals surface area contributed by atoms with Gasteiger partial charge in [0.15, 0.2) is 22.9 Å². The van der Waals surface area contributed by atoms with Gasteiger partial charge in [0.05, 0.1) is 31.9 Å². The molecule has 12 N–H and O–H groups in total. The number of aryl methyl sites for hydroxylation is 2. The molecule has 0 saturated carbocycles. The van der Waals surface area contributed by atoms with Crippen molar-refractivity contribution in [1.82, 2.24) is 55.0 Å². The molecule has 0 aromatic carbocycles. The number of carbonyl (C=O) groups excluding carboxylic acids is 3. The monoisotopic (exact) mass is 628 g/mol. The van der Waals surface area contributed by atoms with Gasteiger partial charge in [0.1, 0.15) is 41.8 Å². The molecule has 0 unspecified atom stereocenters. The predicted molar refractivity (Wildman–Crippen MR) is 154 cm³/mol. The number of carboxylic acid groups (broad SMARTS) is 1. The van der Waals surface area contributed by atoms with E-state index in [4.69, 9.17) is 17.2 Å². The molecule has 0 fully saturated rings. The van der Waals surface area contributed by atoms with Crippen molar-refractivity contribution in [1.29, 1.82) is 0 Å². The number of aromatic nitrogens is 8. The number of nitrogens with zero attached hydrogens (tertiary/aromatic N) is 8. The maximum absolute atomic E-state index is 13.1. The molecule has 45 heavy (non-hydrogen) atoms. The fraction of sp³-hybridized carbons (Fsp3) is 0.417. The van der Waals surface area contributed by atoms with E-state index >= 15 is 0 Å². The van der Waals surface area contributed by atoms with Gasteiger partial charge in [0.25, 0.3) is 0 Å². The highest BCUT2D eigenvalue weighted by atomic mass is 16.4. The van der Waals surface area contributed by atoms with Crippen LogP contribution in [0.3, 0.4) is 0 Å². The topological polar surface area (TPSA) is 330 Å². The number of carbonyl (C=O) groups is 4. The Morgan fingerprint density at radius 2 is 1.16 bits per heavy atom. The summed E-state index contributed by atoms with van der Waals surface area (Å²) in [6.45, 7) is -1.50. The lowest BCUT2D eigenvalue weighted by atomic mass is 10.1.